The molecular weight excluding hydrogens is 452 g/mol. The fourth-order valence-corrected chi connectivity index (χ4v) is 4.32. The number of hydrogen-bond donors (Lipinski definition) is 0. The molecule has 4 rings (SSSR count). The topological polar surface area (TPSA) is 18.5 Å². The summed E-state index contributed by atoms with van der Waals surface area (Å²) < 4.78 is 11.5. The summed E-state index contributed by atoms with van der Waals surface area (Å²) >= 11 is 0. The summed E-state index contributed by atoms with van der Waals surface area (Å²) in [6, 6.07) is 34.7. The first-order chi connectivity index (χ1) is 18.2. The summed E-state index contributed by atoms with van der Waals surface area (Å²) in [5, 5.41) is 0. The lowest BCUT2D eigenvalue weighted by Gasteiger charge is -2.09. The minimum absolute atomic E-state index is 0.758. The molecule has 0 aliphatic heterocycles. The third-order valence-corrected chi connectivity index (χ3v) is 6.59. The zero-order valence-corrected chi connectivity index (χ0v) is 22.0. The molecule has 0 heterocycles. The van der Waals surface area contributed by atoms with E-state index in [2.05, 4.69) is 111 Å². The number of aryl methyl sites for hydroxylation is 1. The molecule has 2 heteroatoms. The Morgan fingerprint density at radius 1 is 0.514 bits per heavy atom. The summed E-state index contributed by atoms with van der Waals surface area (Å²) in [4.78, 5) is 0. The largest absolute Gasteiger partial charge is 0.494 e. The number of unbranched alkanes of at least 4 members (excludes halogenated alkanes) is 4. The van der Waals surface area contributed by atoms with E-state index in [1.807, 2.05) is 6.42 Å². The molecule has 4 aromatic rings. The van der Waals surface area contributed by atoms with E-state index in [0.717, 1.165) is 44.8 Å². The molecule has 0 bridgehead atoms. The Morgan fingerprint density at radius 2 is 0.919 bits per heavy atom. The van der Waals surface area contributed by atoms with E-state index in [9.17, 15) is 0 Å². The molecule has 0 aliphatic rings. The van der Waals surface area contributed by atoms with Crippen molar-refractivity contribution in [2.45, 2.75) is 39.0 Å². The van der Waals surface area contributed by atoms with Crippen molar-refractivity contribution in [2.75, 3.05) is 19.8 Å². The Kier molecular flexibility index (Phi) is 10.3. The van der Waals surface area contributed by atoms with E-state index < -0.39 is 0 Å². The molecule has 37 heavy (non-hydrogen) atoms. The van der Waals surface area contributed by atoms with Crippen LogP contribution in [0.15, 0.2) is 97.1 Å². The summed E-state index contributed by atoms with van der Waals surface area (Å²) in [7, 11) is 0. The second-order valence-corrected chi connectivity index (χ2v) is 9.50. The maximum Gasteiger partial charge on any atom is 0.119 e. The van der Waals surface area contributed by atoms with Crippen molar-refractivity contribution in [3.05, 3.63) is 116 Å². The highest BCUT2D eigenvalue weighted by molar-refractivity contribution is 5.73. The second kappa shape index (κ2) is 14.3. The molecule has 190 valence electrons. The van der Waals surface area contributed by atoms with Gasteiger partial charge in [0.25, 0.3) is 0 Å². The molecule has 0 radical (unpaired) electrons. The van der Waals surface area contributed by atoms with Gasteiger partial charge in [0.15, 0.2) is 0 Å². The smallest absolute Gasteiger partial charge is 0.119 e. The van der Waals surface area contributed by atoms with Crippen molar-refractivity contribution < 1.29 is 9.47 Å². The van der Waals surface area contributed by atoms with Crippen LogP contribution in [0.2, 0.25) is 0 Å². The van der Waals surface area contributed by atoms with Crippen LogP contribution in [-0.4, -0.2) is 19.8 Å². The van der Waals surface area contributed by atoms with E-state index in [1.54, 1.807) is 0 Å². The van der Waals surface area contributed by atoms with Gasteiger partial charge in [-0.3, -0.25) is 0 Å². The van der Waals surface area contributed by atoms with Crippen molar-refractivity contribution in [1.29, 1.82) is 0 Å². The molecule has 4 aromatic carbocycles. The minimum Gasteiger partial charge on any atom is -0.494 e. The van der Waals surface area contributed by atoms with Crippen LogP contribution in [0, 0.1) is 20.3 Å². The fourth-order valence-electron chi connectivity index (χ4n) is 4.32. The third-order valence-electron chi connectivity index (χ3n) is 6.59. The Labute approximate surface area is 223 Å². The minimum atomic E-state index is 0.758. The molecule has 0 N–H and O–H groups in total. The van der Waals surface area contributed by atoms with E-state index in [-0.39, 0.29) is 0 Å². The van der Waals surface area contributed by atoms with Crippen LogP contribution >= 0.6 is 0 Å². The average Bonchev–Trinajstić information content (AvgIpc) is 2.95. The van der Waals surface area contributed by atoms with E-state index in [0.29, 0.717) is 0 Å². The molecule has 0 fully saturated rings. The quantitative estimate of drug-likeness (QED) is 0.129. The molecule has 0 spiro atoms. The van der Waals surface area contributed by atoms with Crippen LogP contribution in [-0.2, 0) is 4.74 Å². The van der Waals surface area contributed by atoms with Gasteiger partial charge in [-0.2, -0.15) is 0 Å². The predicted molar refractivity (Wildman–Crippen MR) is 157 cm³/mol. The molecule has 0 amide bonds. The zero-order chi connectivity index (χ0) is 25.7. The fraction of sp³-hybridized carbons (Fsp3) is 0.257. The SMILES string of the molecule is [CH2+][CH-]CCOCCCCCCOc1ccc(-c2ccc(-c3ccc(-c4ccc(C)cc4)cc3)cc2)cc1. The van der Waals surface area contributed by atoms with Gasteiger partial charge in [0, 0.05) is 13.2 Å². The molecule has 0 aliphatic carbocycles. The first kappa shape index (κ1) is 26.6. The van der Waals surface area contributed by atoms with E-state index in [1.165, 1.54) is 51.8 Å². The van der Waals surface area contributed by atoms with Crippen molar-refractivity contribution in [3.8, 4) is 39.1 Å². The lowest BCUT2D eigenvalue weighted by molar-refractivity contribution is 0.132. The lowest BCUT2D eigenvalue weighted by Crippen LogP contribution is -1.99. The zero-order valence-electron chi connectivity index (χ0n) is 22.0. The van der Waals surface area contributed by atoms with Gasteiger partial charge in [0.2, 0.25) is 0 Å². The number of benzene rings is 4. The van der Waals surface area contributed by atoms with Crippen molar-refractivity contribution >= 4 is 0 Å². The molecule has 0 saturated heterocycles. The van der Waals surface area contributed by atoms with Crippen LogP contribution in [0.1, 0.15) is 37.7 Å². The highest BCUT2D eigenvalue weighted by Crippen LogP contribution is 2.28. The monoisotopic (exact) mass is 490 g/mol. The summed E-state index contributed by atoms with van der Waals surface area (Å²) in [6.45, 7) is 8.21. The van der Waals surface area contributed by atoms with Crippen LogP contribution in [0.25, 0.3) is 33.4 Å². The standard InChI is InChI=1S/C35H38O2/c1-3-4-25-36-26-7-5-6-8-27-37-35-23-21-34(22-24-35)33-19-17-32(18-20-33)31-15-13-30(14-16-31)29-11-9-28(2)10-12-29/h3,9-24H,1,4-8,25-27H2,2H3. The average molecular weight is 491 g/mol. The molecule has 2 nitrogen and oxygen atoms in total. The summed E-state index contributed by atoms with van der Waals surface area (Å²) in [5.41, 5.74) is 8.64. The Hall–Kier alpha value is -3.49. The van der Waals surface area contributed by atoms with Crippen LogP contribution < -0.4 is 4.74 Å². The summed E-state index contributed by atoms with van der Waals surface area (Å²) in [6.07, 6.45) is 7.37. The van der Waals surface area contributed by atoms with Crippen LogP contribution in [0.5, 0.6) is 5.75 Å². The normalized spacial score (nSPS) is 10.9. The van der Waals surface area contributed by atoms with Gasteiger partial charge in [-0.05, 0) is 71.7 Å². The lowest BCUT2D eigenvalue weighted by atomic mass is 9.98. The van der Waals surface area contributed by atoms with Gasteiger partial charge in [0.1, 0.15) is 5.75 Å². The maximum atomic E-state index is 5.94. The highest BCUT2D eigenvalue weighted by Gasteiger charge is 2.03. The number of hydrogen-bond acceptors (Lipinski definition) is 2. The van der Waals surface area contributed by atoms with Crippen molar-refractivity contribution in [2.24, 2.45) is 0 Å². The molecule has 0 atom stereocenters. The molecular formula is C35H38O2. The van der Waals surface area contributed by atoms with E-state index in [4.69, 9.17) is 9.47 Å². The third kappa shape index (κ3) is 8.27. The van der Waals surface area contributed by atoms with E-state index >= 15 is 0 Å². The maximum absolute atomic E-state index is 5.94. The van der Waals surface area contributed by atoms with Crippen molar-refractivity contribution in [1.82, 2.24) is 0 Å². The van der Waals surface area contributed by atoms with Gasteiger partial charge in [0.05, 0.1) is 6.61 Å². The Bertz CT molecular complexity index is 1170. The van der Waals surface area contributed by atoms with Crippen LogP contribution in [0.4, 0.5) is 0 Å². The first-order valence-corrected chi connectivity index (χ1v) is 13.4. The van der Waals surface area contributed by atoms with Gasteiger partial charge < -0.3 is 9.47 Å². The highest BCUT2D eigenvalue weighted by atomic mass is 16.5. The van der Waals surface area contributed by atoms with Gasteiger partial charge in [-0.15, -0.1) is 12.8 Å². The second-order valence-electron chi connectivity index (χ2n) is 9.50. The predicted octanol–water partition coefficient (Wildman–Crippen LogP) is 9.38. The van der Waals surface area contributed by atoms with Crippen molar-refractivity contribution in [3.63, 3.8) is 0 Å². The number of rotatable bonds is 14. The Balaban J connectivity index is 1.22. The molecule has 0 unspecified atom stereocenters. The first-order valence-electron chi connectivity index (χ1n) is 13.4. The number of ether oxygens (including phenoxy) is 2. The van der Waals surface area contributed by atoms with Gasteiger partial charge in [-0.25, -0.2) is 0 Å². The van der Waals surface area contributed by atoms with Gasteiger partial charge in [-0.1, -0.05) is 104 Å². The van der Waals surface area contributed by atoms with Crippen LogP contribution in [0.3, 0.4) is 0 Å². The Morgan fingerprint density at radius 3 is 1.38 bits per heavy atom. The van der Waals surface area contributed by atoms with Gasteiger partial charge >= 0.3 is 0 Å². The molecule has 0 saturated carbocycles. The summed E-state index contributed by atoms with van der Waals surface area (Å²) in [5.74, 6) is 0.932. The molecule has 0 aromatic heterocycles.